The summed E-state index contributed by atoms with van der Waals surface area (Å²) in [5, 5.41) is 23.6. The van der Waals surface area contributed by atoms with E-state index >= 15 is 0 Å². The van der Waals surface area contributed by atoms with Crippen molar-refractivity contribution in [2.24, 2.45) is 0 Å². The summed E-state index contributed by atoms with van der Waals surface area (Å²) in [6.07, 6.45) is -1.19. The number of carbonyl (C=O) groups excluding carboxylic acids is 1. The summed E-state index contributed by atoms with van der Waals surface area (Å²) in [6, 6.07) is 11.9. The summed E-state index contributed by atoms with van der Waals surface area (Å²) in [4.78, 5) is 14.6. The topological polar surface area (TPSA) is 110 Å². The van der Waals surface area contributed by atoms with E-state index in [0.717, 1.165) is 5.75 Å². The van der Waals surface area contributed by atoms with Crippen LogP contribution in [0.15, 0.2) is 42.5 Å². The molecule has 9 nitrogen and oxygen atoms in total. The van der Waals surface area contributed by atoms with E-state index in [4.69, 9.17) is 18.9 Å². The molecule has 1 fully saturated rings. The lowest BCUT2D eigenvalue weighted by atomic mass is 9.99. The minimum atomic E-state index is -0.954. The van der Waals surface area contributed by atoms with Crippen molar-refractivity contribution in [1.82, 2.24) is 10.2 Å². The van der Waals surface area contributed by atoms with Crippen LogP contribution in [0.25, 0.3) is 0 Å². The molecule has 178 valence electrons. The van der Waals surface area contributed by atoms with E-state index in [0.29, 0.717) is 55.7 Å². The zero-order valence-electron chi connectivity index (χ0n) is 18.6. The molecule has 0 saturated carbocycles. The van der Waals surface area contributed by atoms with Gasteiger partial charge in [0.2, 0.25) is 5.91 Å². The fraction of sp³-hybridized carbons (Fsp3) is 0.458. The monoisotopic (exact) mass is 458 g/mol. The number of likely N-dealkylation sites (tertiary alicyclic amines) is 1. The molecule has 0 spiro atoms. The second kappa shape index (κ2) is 10.7. The highest BCUT2D eigenvalue weighted by Gasteiger charge is 2.31. The molecule has 1 saturated heterocycles. The summed E-state index contributed by atoms with van der Waals surface area (Å²) < 4.78 is 21.9. The normalized spacial score (nSPS) is 17.5. The predicted octanol–water partition coefficient (Wildman–Crippen LogP) is 1.13. The Kier molecular flexibility index (Phi) is 7.54. The number of fused-ring (bicyclic) bond motifs is 1. The molecule has 2 aliphatic rings. The number of ether oxygens (including phenoxy) is 4. The molecule has 0 radical (unpaired) electrons. The number of hydrogen-bond donors (Lipinski definition) is 3. The lowest BCUT2D eigenvalue weighted by molar-refractivity contribution is -0.123. The summed E-state index contributed by atoms with van der Waals surface area (Å²) >= 11 is 0. The van der Waals surface area contributed by atoms with E-state index in [1.54, 1.807) is 49.6 Å². The molecule has 2 aliphatic heterocycles. The van der Waals surface area contributed by atoms with Gasteiger partial charge in [-0.2, -0.15) is 0 Å². The summed E-state index contributed by atoms with van der Waals surface area (Å²) in [5.74, 6) is 2.36. The first-order valence-corrected chi connectivity index (χ1v) is 11.1. The van der Waals surface area contributed by atoms with Crippen molar-refractivity contribution in [3.63, 3.8) is 0 Å². The van der Waals surface area contributed by atoms with E-state index < -0.39 is 12.1 Å². The van der Waals surface area contributed by atoms with Crippen LogP contribution in [-0.4, -0.2) is 79.7 Å². The average Bonchev–Trinajstić information content (AvgIpc) is 2.82. The molecular formula is C24H30N2O7. The third-order valence-corrected chi connectivity index (χ3v) is 5.69. The molecule has 1 amide bonds. The van der Waals surface area contributed by atoms with Gasteiger partial charge in [0.05, 0.1) is 32.3 Å². The number of carbonyl (C=O) groups is 1. The molecule has 2 heterocycles. The first kappa shape index (κ1) is 23.2. The fourth-order valence-corrected chi connectivity index (χ4v) is 3.88. The number of aliphatic hydroxyl groups excluding tert-OH is 2. The maximum atomic E-state index is 12.6. The van der Waals surface area contributed by atoms with Crippen LogP contribution in [0.4, 0.5) is 0 Å². The maximum absolute atomic E-state index is 12.6. The quantitative estimate of drug-likeness (QED) is 0.486. The zero-order chi connectivity index (χ0) is 23.2. The van der Waals surface area contributed by atoms with Crippen molar-refractivity contribution >= 4 is 5.91 Å². The van der Waals surface area contributed by atoms with Crippen molar-refractivity contribution in [2.45, 2.75) is 24.7 Å². The van der Waals surface area contributed by atoms with E-state index in [2.05, 4.69) is 5.32 Å². The first-order chi connectivity index (χ1) is 16.0. The van der Waals surface area contributed by atoms with Gasteiger partial charge in [0.15, 0.2) is 11.5 Å². The standard InChI is InChI=1S/C24H30N2O7/c1-30-18-3-5-19(6-4-18)31-9-8-23(28)25-20(15-26-13-17(27)14-26)24(29)16-2-7-21-22(12-16)33-11-10-32-21/h2-7,12,17,20,24,27,29H,8-11,13-15H2,1H3,(H,25,28). The maximum Gasteiger partial charge on any atom is 0.223 e. The molecule has 0 aliphatic carbocycles. The minimum Gasteiger partial charge on any atom is -0.497 e. The summed E-state index contributed by atoms with van der Waals surface area (Å²) in [7, 11) is 1.59. The second-order valence-electron chi connectivity index (χ2n) is 8.17. The Balaban J connectivity index is 1.35. The van der Waals surface area contributed by atoms with Crippen LogP contribution < -0.4 is 24.3 Å². The van der Waals surface area contributed by atoms with Gasteiger partial charge in [-0.15, -0.1) is 0 Å². The number of aliphatic hydroxyl groups is 2. The molecule has 2 atom stereocenters. The highest BCUT2D eigenvalue weighted by atomic mass is 16.6. The van der Waals surface area contributed by atoms with Gasteiger partial charge in [0, 0.05) is 19.6 Å². The Labute approximate surface area is 192 Å². The van der Waals surface area contributed by atoms with Gasteiger partial charge in [-0.05, 0) is 42.0 Å². The van der Waals surface area contributed by atoms with Gasteiger partial charge in [0.1, 0.15) is 30.8 Å². The van der Waals surface area contributed by atoms with Gasteiger partial charge >= 0.3 is 0 Å². The number of methoxy groups -OCH3 is 1. The van der Waals surface area contributed by atoms with Gasteiger partial charge in [0.25, 0.3) is 0 Å². The van der Waals surface area contributed by atoms with Crippen LogP contribution in [0.5, 0.6) is 23.0 Å². The van der Waals surface area contributed by atoms with Crippen molar-refractivity contribution < 1.29 is 34.0 Å². The van der Waals surface area contributed by atoms with E-state index in [1.807, 2.05) is 4.90 Å². The van der Waals surface area contributed by atoms with E-state index in [9.17, 15) is 15.0 Å². The molecule has 0 aromatic heterocycles. The lowest BCUT2D eigenvalue weighted by Crippen LogP contribution is -2.57. The molecule has 0 bridgehead atoms. The molecule has 2 aromatic rings. The Hall–Kier alpha value is -3.01. The van der Waals surface area contributed by atoms with E-state index in [1.165, 1.54) is 0 Å². The number of β-amino-alcohol motifs (C(OH)–C–C–N with tert-alkyl or cyclic N) is 1. The Bertz CT molecular complexity index is 931. The summed E-state index contributed by atoms with van der Waals surface area (Å²) in [5.41, 5.74) is 0.625. The van der Waals surface area contributed by atoms with Crippen LogP contribution in [0.2, 0.25) is 0 Å². The number of hydrogen-bond acceptors (Lipinski definition) is 8. The lowest BCUT2D eigenvalue weighted by Gasteiger charge is -2.39. The molecule has 3 N–H and O–H groups in total. The van der Waals surface area contributed by atoms with Crippen molar-refractivity contribution in [3.05, 3.63) is 48.0 Å². The van der Waals surface area contributed by atoms with Gasteiger partial charge in [-0.1, -0.05) is 6.07 Å². The van der Waals surface area contributed by atoms with Gasteiger partial charge in [-0.3, -0.25) is 9.69 Å². The number of amides is 1. The highest BCUT2D eigenvalue weighted by molar-refractivity contribution is 5.76. The molecule has 33 heavy (non-hydrogen) atoms. The van der Waals surface area contributed by atoms with Crippen LogP contribution >= 0.6 is 0 Å². The zero-order valence-corrected chi connectivity index (χ0v) is 18.6. The average molecular weight is 459 g/mol. The summed E-state index contributed by atoms with van der Waals surface area (Å²) in [6.45, 7) is 2.59. The minimum absolute atomic E-state index is 0.138. The largest absolute Gasteiger partial charge is 0.497 e. The first-order valence-electron chi connectivity index (χ1n) is 11.1. The fourth-order valence-electron chi connectivity index (χ4n) is 3.88. The van der Waals surface area contributed by atoms with E-state index in [-0.39, 0.29) is 25.0 Å². The molecular weight excluding hydrogens is 428 g/mol. The van der Waals surface area contributed by atoms with Crippen LogP contribution in [0.1, 0.15) is 18.1 Å². The van der Waals surface area contributed by atoms with Crippen LogP contribution in [0.3, 0.4) is 0 Å². The number of nitrogens with zero attached hydrogens (tertiary/aromatic N) is 1. The van der Waals surface area contributed by atoms with Gasteiger partial charge in [-0.25, -0.2) is 0 Å². The Morgan fingerprint density at radius 3 is 2.52 bits per heavy atom. The number of rotatable bonds is 10. The van der Waals surface area contributed by atoms with Gasteiger partial charge < -0.3 is 34.5 Å². The highest BCUT2D eigenvalue weighted by Crippen LogP contribution is 2.33. The number of nitrogens with one attached hydrogen (secondary N) is 1. The third-order valence-electron chi connectivity index (χ3n) is 5.69. The third kappa shape index (κ3) is 6.07. The smallest absolute Gasteiger partial charge is 0.223 e. The molecule has 4 rings (SSSR count). The van der Waals surface area contributed by atoms with Crippen LogP contribution in [0, 0.1) is 0 Å². The molecule has 9 heteroatoms. The predicted molar refractivity (Wildman–Crippen MR) is 120 cm³/mol. The molecule has 2 aromatic carbocycles. The number of benzene rings is 2. The van der Waals surface area contributed by atoms with Crippen molar-refractivity contribution in [3.8, 4) is 23.0 Å². The van der Waals surface area contributed by atoms with Crippen molar-refractivity contribution in [1.29, 1.82) is 0 Å². The second-order valence-corrected chi connectivity index (χ2v) is 8.17. The Morgan fingerprint density at radius 1 is 1.12 bits per heavy atom. The van der Waals surface area contributed by atoms with Crippen molar-refractivity contribution in [2.75, 3.05) is 46.6 Å². The SMILES string of the molecule is COc1ccc(OCCC(=O)NC(CN2CC(O)C2)C(O)c2ccc3c(c2)OCCO3)cc1. The molecule has 2 unspecified atom stereocenters. The Morgan fingerprint density at radius 2 is 1.82 bits per heavy atom. The van der Waals surface area contributed by atoms with Crippen LogP contribution in [-0.2, 0) is 4.79 Å².